The molecule has 0 aliphatic carbocycles. The lowest BCUT2D eigenvalue weighted by Crippen LogP contribution is -2.26. The van der Waals surface area contributed by atoms with Gasteiger partial charge in [0.2, 0.25) is 0 Å². The number of rotatable bonds is 5. The lowest BCUT2D eigenvalue weighted by Gasteiger charge is -2.23. The number of carbonyl (C=O) groups is 1. The summed E-state index contributed by atoms with van der Waals surface area (Å²) in [4.78, 5) is 11.3. The minimum Gasteiger partial charge on any atom is -0.496 e. The van der Waals surface area contributed by atoms with Gasteiger partial charge in [-0.25, -0.2) is 0 Å². The van der Waals surface area contributed by atoms with Crippen molar-refractivity contribution in [1.82, 2.24) is 0 Å². The van der Waals surface area contributed by atoms with Gasteiger partial charge in [-0.2, -0.15) is 0 Å². The molecule has 0 amide bonds. The summed E-state index contributed by atoms with van der Waals surface area (Å²) in [5, 5.41) is 9.26. The zero-order valence-electron chi connectivity index (χ0n) is 12.1. The molecule has 0 aliphatic rings. The molecule has 0 unspecified atom stereocenters. The van der Waals surface area contributed by atoms with E-state index in [0.717, 1.165) is 21.3 Å². The molecular weight excluding hydrogens is 308 g/mol. The van der Waals surface area contributed by atoms with Gasteiger partial charge in [-0.05, 0) is 49.4 Å². The zero-order valence-corrected chi connectivity index (χ0v) is 13.7. The molecule has 0 spiro atoms. The fraction of sp³-hybridized carbons (Fsp3) is 0.533. The highest BCUT2D eigenvalue weighted by Gasteiger charge is 2.29. The Balaban J connectivity index is 3.31. The Morgan fingerprint density at radius 3 is 2.42 bits per heavy atom. The van der Waals surface area contributed by atoms with Gasteiger partial charge in [0.05, 0.1) is 12.5 Å². The van der Waals surface area contributed by atoms with Crippen LogP contribution in [0.5, 0.6) is 5.75 Å². The van der Waals surface area contributed by atoms with Crippen molar-refractivity contribution in [3.63, 3.8) is 0 Å². The number of benzene rings is 1. The van der Waals surface area contributed by atoms with Crippen molar-refractivity contribution in [2.45, 2.75) is 40.0 Å². The van der Waals surface area contributed by atoms with E-state index < -0.39 is 11.4 Å². The maximum absolute atomic E-state index is 11.3. The molecule has 0 aromatic heterocycles. The summed E-state index contributed by atoms with van der Waals surface area (Å²) < 4.78 is 6.46. The average molecular weight is 329 g/mol. The Morgan fingerprint density at radius 2 is 2.00 bits per heavy atom. The lowest BCUT2D eigenvalue weighted by atomic mass is 9.84. The normalized spacial score (nSPS) is 11.7. The maximum atomic E-state index is 11.3. The van der Waals surface area contributed by atoms with Crippen LogP contribution in [0.4, 0.5) is 0 Å². The van der Waals surface area contributed by atoms with Crippen LogP contribution in [-0.2, 0) is 11.2 Å². The highest BCUT2D eigenvalue weighted by Crippen LogP contribution is 2.36. The van der Waals surface area contributed by atoms with Crippen molar-refractivity contribution < 1.29 is 14.6 Å². The predicted octanol–water partition coefficient (Wildman–Crippen LogP) is 4.23. The van der Waals surface area contributed by atoms with Crippen molar-refractivity contribution in [2.24, 2.45) is 5.41 Å². The first-order chi connectivity index (χ1) is 8.69. The molecule has 3 nitrogen and oxygen atoms in total. The second-order valence-corrected chi connectivity index (χ2v) is 6.62. The third-order valence-electron chi connectivity index (χ3n) is 3.20. The highest BCUT2D eigenvalue weighted by molar-refractivity contribution is 9.10. The topological polar surface area (TPSA) is 46.5 Å². The first-order valence-electron chi connectivity index (χ1n) is 6.28. The summed E-state index contributed by atoms with van der Waals surface area (Å²) in [5.41, 5.74) is 1.20. The molecule has 0 aliphatic heterocycles. The number of ether oxygens (including phenoxy) is 1. The Labute approximate surface area is 123 Å². The highest BCUT2D eigenvalue weighted by atomic mass is 79.9. The first-order valence-corrected chi connectivity index (χ1v) is 7.08. The van der Waals surface area contributed by atoms with Crippen LogP contribution in [0, 0.1) is 5.41 Å². The second kappa shape index (κ2) is 5.95. The van der Waals surface area contributed by atoms with Gasteiger partial charge in [0.15, 0.2) is 0 Å². The molecule has 0 saturated carbocycles. The lowest BCUT2D eigenvalue weighted by molar-refractivity contribution is -0.146. The molecule has 1 aromatic carbocycles. The molecule has 0 heterocycles. The number of carboxylic acid groups (broad SMARTS) is 1. The summed E-state index contributed by atoms with van der Waals surface area (Å²) in [5.74, 6) is 0.312. The third-order valence-corrected chi connectivity index (χ3v) is 3.65. The van der Waals surface area contributed by atoms with Crippen LogP contribution < -0.4 is 4.74 Å². The van der Waals surface area contributed by atoms with Gasteiger partial charge in [-0.15, -0.1) is 0 Å². The van der Waals surface area contributed by atoms with Gasteiger partial charge >= 0.3 is 5.97 Å². The van der Waals surface area contributed by atoms with E-state index in [1.807, 2.05) is 12.1 Å². The van der Waals surface area contributed by atoms with E-state index >= 15 is 0 Å². The number of methoxy groups -OCH3 is 1. The number of halogens is 1. The van der Waals surface area contributed by atoms with Gasteiger partial charge in [-0.1, -0.05) is 29.8 Å². The molecule has 0 saturated heterocycles. The Kier molecular flexibility index (Phi) is 5.02. The summed E-state index contributed by atoms with van der Waals surface area (Å²) >= 11 is 3.49. The van der Waals surface area contributed by atoms with Gasteiger partial charge in [0, 0.05) is 4.47 Å². The summed E-state index contributed by atoms with van der Waals surface area (Å²) in [6.45, 7) is 7.64. The van der Waals surface area contributed by atoms with Crippen molar-refractivity contribution in [3.8, 4) is 5.75 Å². The van der Waals surface area contributed by atoms with E-state index in [0.29, 0.717) is 12.3 Å². The Hall–Kier alpha value is -1.03. The van der Waals surface area contributed by atoms with Crippen LogP contribution in [0.3, 0.4) is 0 Å². The van der Waals surface area contributed by atoms with E-state index in [1.165, 1.54) is 0 Å². The maximum Gasteiger partial charge on any atom is 0.309 e. The smallest absolute Gasteiger partial charge is 0.309 e. The molecule has 1 rings (SSSR count). The summed E-state index contributed by atoms with van der Waals surface area (Å²) in [6, 6.07) is 3.97. The van der Waals surface area contributed by atoms with Crippen LogP contribution >= 0.6 is 15.9 Å². The van der Waals surface area contributed by atoms with Crippen LogP contribution in [0.15, 0.2) is 16.6 Å². The van der Waals surface area contributed by atoms with E-state index in [1.54, 1.807) is 21.0 Å². The molecule has 19 heavy (non-hydrogen) atoms. The van der Waals surface area contributed by atoms with Gasteiger partial charge in [0.1, 0.15) is 5.75 Å². The molecule has 0 fully saturated rings. The number of hydrogen-bond donors (Lipinski definition) is 1. The number of carboxylic acids is 1. The molecular formula is C15H21BrO3. The van der Waals surface area contributed by atoms with Crippen LogP contribution in [0.2, 0.25) is 0 Å². The average Bonchev–Trinajstić information content (AvgIpc) is 2.27. The van der Waals surface area contributed by atoms with E-state index in [9.17, 15) is 9.90 Å². The van der Waals surface area contributed by atoms with Crippen LogP contribution in [0.1, 0.15) is 44.7 Å². The number of hydrogen-bond acceptors (Lipinski definition) is 2. The molecule has 4 heteroatoms. The van der Waals surface area contributed by atoms with Crippen molar-refractivity contribution >= 4 is 21.9 Å². The van der Waals surface area contributed by atoms with Gasteiger partial charge in [0.25, 0.3) is 0 Å². The molecule has 0 radical (unpaired) electrons. The molecule has 1 N–H and O–H groups in total. The van der Waals surface area contributed by atoms with E-state index in [-0.39, 0.29) is 0 Å². The Morgan fingerprint density at radius 1 is 1.42 bits per heavy atom. The molecule has 106 valence electrons. The summed E-state index contributed by atoms with van der Waals surface area (Å²) in [6.07, 6.45) is 0.435. The molecule has 0 bridgehead atoms. The van der Waals surface area contributed by atoms with Crippen molar-refractivity contribution in [2.75, 3.05) is 7.11 Å². The quantitative estimate of drug-likeness (QED) is 0.879. The fourth-order valence-electron chi connectivity index (χ4n) is 2.03. The zero-order chi connectivity index (χ0) is 14.8. The largest absolute Gasteiger partial charge is 0.496 e. The van der Waals surface area contributed by atoms with E-state index in [4.69, 9.17) is 4.74 Å². The van der Waals surface area contributed by atoms with Gasteiger partial charge in [-0.3, -0.25) is 4.79 Å². The second-order valence-electron chi connectivity index (χ2n) is 5.71. The first kappa shape index (κ1) is 16.0. The fourth-order valence-corrected chi connectivity index (χ4v) is 2.56. The van der Waals surface area contributed by atoms with Gasteiger partial charge < -0.3 is 9.84 Å². The molecule has 1 aromatic rings. The Bertz CT molecular complexity index is 479. The SMILES string of the molecule is COc1c(CC(C)(C)C(=O)O)cc(Br)cc1C(C)C. The van der Waals surface area contributed by atoms with Crippen LogP contribution in [-0.4, -0.2) is 18.2 Å². The minimum absolute atomic E-state index is 0.319. The van der Waals surface area contributed by atoms with Crippen molar-refractivity contribution in [1.29, 1.82) is 0 Å². The minimum atomic E-state index is -0.817. The van der Waals surface area contributed by atoms with Crippen molar-refractivity contribution in [3.05, 3.63) is 27.7 Å². The van der Waals surface area contributed by atoms with Crippen LogP contribution in [0.25, 0.3) is 0 Å². The monoisotopic (exact) mass is 328 g/mol. The standard InChI is InChI=1S/C15H21BrO3/c1-9(2)12-7-11(16)6-10(13(12)19-5)8-15(3,4)14(17)18/h6-7,9H,8H2,1-5H3,(H,17,18). The third kappa shape index (κ3) is 3.72. The van der Waals surface area contributed by atoms with E-state index in [2.05, 4.69) is 29.8 Å². The summed E-state index contributed by atoms with van der Waals surface area (Å²) in [7, 11) is 1.63. The predicted molar refractivity (Wildman–Crippen MR) is 79.9 cm³/mol. The number of aliphatic carboxylic acids is 1. The molecule has 0 atom stereocenters.